The number of hydrogen-bond donors (Lipinski definition) is 2. The minimum absolute atomic E-state index is 0.0604. The summed E-state index contributed by atoms with van der Waals surface area (Å²) in [6.45, 7) is 12.3. The Morgan fingerprint density at radius 2 is 2.00 bits per heavy atom. The highest BCUT2D eigenvalue weighted by atomic mass is 16.3. The lowest BCUT2D eigenvalue weighted by atomic mass is 10.1. The molecule has 1 atom stereocenters. The minimum Gasteiger partial charge on any atom is -0.396 e. The molecule has 114 valence electrons. The van der Waals surface area contributed by atoms with Gasteiger partial charge in [-0.2, -0.15) is 5.10 Å². The fourth-order valence-electron chi connectivity index (χ4n) is 2.02. The average molecular weight is 281 g/mol. The van der Waals surface area contributed by atoms with E-state index >= 15 is 0 Å². The number of nitrogens with zero attached hydrogens (tertiary/aromatic N) is 2. The lowest BCUT2D eigenvalue weighted by Gasteiger charge is -2.23. The van der Waals surface area contributed by atoms with Crippen LogP contribution in [0.15, 0.2) is 6.07 Å². The van der Waals surface area contributed by atoms with Gasteiger partial charge in [0, 0.05) is 18.3 Å². The Hall–Kier alpha value is -1.36. The highest BCUT2D eigenvalue weighted by Crippen LogP contribution is 2.23. The van der Waals surface area contributed by atoms with Crippen molar-refractivity contribution in [3.63, 3.8) is 0 Å². The van der Waals surface area contributed by atoms with Gasteiger partial charge in [0.15, 0.2) is 0 Å². The number of rotatable bonds is 5. The Bertz CT molecular complexity index is 458. The number of aromatic nitrogens is 2. The van der Waals surface area contributed by atoms with Crippen molar-refractivity contribution >= 4 is 5.91 Å². The molecule has 1 rings (SSSR count). The molecule has 0 aliphatic rings. The van der Waals surface area contributed by atoms with Gasteiger partial charge >= 0.3 is 0 Å². The smallest absolute Gasteiger partial charge is 0.271 e. The van der Waals surface area contributed by atoms with Crippen molar-refractivity contribution in [3.05, 3.63) is 17.5 Å². The van der Waals surface area contributed by atoms with Crippen LogP contribution in [0.25, 0.3) is 0 Å². The fourth-order valence-corrected chi connectivity index (χ4v) is 2.02. The van der Waals surface area contributed by atoms with Crippen molar-refractivity contribution in [2.45, 2.75) is 65.5 Å². The predicted molar refractivity (Wildman–Crippen MR) is 79.9 cm³/mol. The molecule has 1 unspecified atom stereocenters. The molecule has 1 aromatic rings. The third-order valence-corrected chi connectivity index (χ3v) is 3.14. The van der Waals surface area contributed by atoms with Crippen molar-refractivity contribution in [2.75, 3.05) is 6.61 Å². The van der Waals surface area contributed by atoms with Gasteiger partial charge in [-0.05, 0) is 46.1 Å². The Kier molecular flexibility index (Phi) is 5.34. The first-order valence-electron chi connectivity index (χ1n) is 7.19. The first-order valence-corrected chi connectivity index (χ1v) is 7.19. The molecule has 0 aliphatic heterocycles. The van der Waals surface area contributed by atoms with Crippen molar-refractivity contribution in [3.8, 4) is 0 Å². The molecule has 1 amide bonds. The summed E-state index contributed by atoms with van der Waals surface area (Å²) >= 11 is 0. The van der Waals surface area contributed by atoms with Gasteiger partial charge in [-0.15, -0.1) is 0 Å². The van der Waals surface area contributed by atoms with Crippen molar-refractivity contribution in [1.82, 2.24) is 15.1 Å². The number of carbonyl (C=O) groups excluding carboxylic acids is 1. The average Bonchev–Trinajstić information content (AvgIpc) is 2.73. The zero-order valence-corrected chi connectivity index (χ0v) is 13.4. The normalized spacial score (nSPS) is 13.6. The highest BCUT2D eigenvalue weighted by Gasteiger charge is 2.23. The second kappa shape index (κ2) is 6.39. The van der Waals surface area contributed by atoms with E-state index in [1.165, 1.54) is 0 Å². The quantitative estimate of drug-likeness (QED) is 0.870. The van der Waals surface area contributed by atoms with Gasteiger partial charge in [-0.1, -0.05) is 13.8 Å². The van der Waals surface area contributed by atoms with E-state index in [9.17, 15) is 4.79 Å². The van der Waals surface area contributed by atoms with E-state index in [1.54, 1.807) is 0 Å². The van der Waals surface area contributed by atoms with E-state index in [0.29, 0.717) is 18.0 Å². The van der Waals surface area contributed by atoms with Gasteiger partial charge < -0.3 is 10.4 Å². The molecule has 0 aromatic carbocycles. The molecular formula is C15H27N3O2. The maximum absolute atomic E-state index is 12.2. The number of aliphatic hydroxyl groups is 1. The van der Waals surface area contributed by atoms with Crippen LogP contribution in [0.3, 0.4) is 0 Å². The molecule has 2 N–H and O–H groups in total. The summed E-state index contributed by atoms with van der Waals surface area (Å²) in [5.41, 5.74) is 1.33. The molecule has 0 saturated heterocycles. The Labute approximate surface area is 121 Å². The second-order valence-electron chi connectivity index (χ2n) is 6.58. The number of carbonyl (C=O) groups is 1. The summed E-state index contributed by atoms with van der Waals surface area (Å²) in [6.07, 6.45) is 0.544. The number of aliphatic hydroxyl groups excluding tert-OH is 1. The fraction of sp³-hybridized carbons (Fsp3) is 0.733. The van der Waals surface area contributed by atoms with Crippen LogP contribution in [0.5, 0.6) is 0 Å². The maximum Gasteiger partial charge on any atom is 0.271 e. The number of amides is 1. The van der Waals surface area contributed by atoms with Gasteiger partial charge in [0.25, 0.3) is 5.91 Å². The van der Waals surface area contributed by atoms with Crippen molar-refractivity contribution in [1.29, 1.82) is 0 Å². The molecule has 0 spiro atoms. The lowest BCUT2D eigenvalue weighted by Crippen LogP contribution is -2.34. The van der Waals surface area contributed by atoms with Gasteiger partial charge in [0.05, 0.1) is 5.54 Å². The first-order chi connectivity index (χ1) is 9.16. The summed E-state index contributed by atoms with van der Waals surface area (Å²) in [4.78, 5) is 12.2. The third-order valence-electron chi connectivity index (χ3n) is 3.14. The topological polar surface area (TPSA) is 67.2 Å². The van der Waals surface area contributed by atoms with Crippen LogP contribution in [-0.4, -0.2) is 33.4 Å². The molecule has 5 nitrogen and oxygen atoms in total. The van der Waals surface area contributed by atoms with Gasteiger partial charge in [0.1, 0.15) is 5.69 Å². The second-order valence-corrected chi connectivity index (χ2v) is 6.58. The monoisotopic (exact) mass is 281 g/mol. The van der Waals surface area contributed by atoms with Gasteiger partial charge in [0.2, 0.25) is 0 Å². The molecular weight excluding hydrogens is 254 g/mol. The van der Waals surface area contributed by atoms with E-state index in [-0.39, 0.29) is 24.1 Å². The van der Waals surface area contributed by atoms with E-state index in [0.717, 1.165) is 5.69 Å². The Morgan fingerprint density at radius 3 is 2.40 bits per heavy atom. The number of hydrogen-bond acceptors (Lipinski definition) is 3. The zero-order chi connectivity index (χ0) is 15.5. The van der Waals surface area contributed by atoms with Crippen LogP contribution >= 0.6 is 0 Å². The van der Waals surface area contributed by atoms with E-state index in [1.807, 2.05) is 17.7 Å². The molecule has 1 aromatic heterocycles. The standard InChI is InChI=1S/C15H27N3O2/c1-10(2)13-9-12(17-18(13)15(4,5)6)14(20)16-11(3)7-8-19/h9-11,19H,7-8H2,1-6H3,(H,16,20). The summed E-state index contributed by atoms with van der Waals surface area (Å²) in [5.74, 6) is 0.119. The summed E-state index contributed by atoms with van der Waals surface area (Å²) in [5, 5.41) is 16.2. The molecule has 5 heteroatoms. The van der Waals surface area contributed by atoms with E-state index in [4.69, 9.17) is 5.11 Å². The molecule has 0 radical (unpaired) electrons. The first kappa shape index (κ1) is 16.7. The molecule has 1 heterocycles. The highest BCUT2D eigenvalue weighted by molar-refractivity contribution is 5.92. The maximum atomic E-state index is 12.2. The van der Waals surface area contributed by atoms with Crippen LogP contribution in [0.1, 0.15) is 70.1 Å². The Morgan fingerprint density at radius 1 is 1.40 bits per heavy atom. The zero-order valence-electron chi connectivity index (χ0n) is 13.4. The summed E-state index contributed by atoms with van der Waals surface area (Å²) in [7, 11) is 0. The summed E-state index contributed by atoms with van der Waals surface area (Å²) < 4.78 is 1.92. The summed E-state index contributed by atoms with van der Waals surface area (Å²) in [6, 6.07) is 1.80. The molecule has 0 bridgehead atoms. The van der Waals surface area contributed by atoms with Crippen LogP contribution in [0.2, 0.25) is 0 Å². The molecule has 0 saturated carbocycles. The van der Waals surface area contributed by atoms with Crippen LogP contribution < -0.4 is 5.32 Å². The predicted octanol–water partition coefficient (Wildman–Crippen LogP) is 2.26. The SMILES string of the molecule is CC(CCO)NC(=O)c1cc(C(C)C)n(C(C)(C)C)n1. The minimum atomic E-state index is -0.184. The molecule has 20 heavy (non-hydrogen) atoms. The lowest BCUT2D eigenvalue weighted by molar-refractivity contribution is 0.0927. The molecule has 0 fully saturated rings. The van der Waals surface area contributed by atoms with E-state index in [2.05, 4.69) is 45.0 Å². The van der Waals surface area contributed by atoms with Crippen LogP contribution in [0, 0.1) is 0 Å². The number of nitrogens with one attached hydrogen (secondary N) is 1. The van der Waals surface area contributed by atoms with Crippen molar-refractivity contribution < 1.29 is 9.90 Å². The third kappa shape index (κ3) is 4.07. The van der Waals surface area contributed by atoms with Gasteiger partial charge in [-0.3, -0.25) is 9.48 Å². The Balaban J connectivity index is 3.00. The largest absolute Gasteiger partial charge is 0.396 e. The van der Waals surface area contributed by atoms with Crippen molar-refractivity contribution in [2.24, 2.45) is 0 Å². The van der Waals surface area contributed by atoms with Crippen LogP contribution in [0.4, 0.5) is 0 Å². The molecule has 0 aliphatic carbocycles. The van der Waals surface area contributed by atoms with Crippen LogP contribution in [-0.2, 0) is 5.54 Å². The van der Waals surface area contributed by atoms with E-state index < -0.39 is 0 Å². The van der Waals surface area contributed by atoms with Gasteiger partial charge in [-0.25, -0.2) is 0 Å².